The lowest BCUT2D eigenvalue weighted by molar-refractivity contribution is 0.239. The Balaban J connectivity index is 2.08. The molecule has 1 fully saturated rings. The van der Waals surface area contributed by atoms with Crippen molar-refractivity contribution < 1.29 is 9.50 Å². The van der Waals surface area contributed by atoms with E-state index in [1.54, 1.807) is 0 Å². The second-order valence-corrected chi connectivity index (χ2v) is 5.62. The highest BCUT2D eigenvalue weighted by molar-refractivity contribution is 5.41. The van der Waals surface area contributed by atoms with E-state index in [1.807, 2.05) is 6.07 Å². The van der Waals surface area contributed by atoms with E-state index in [2.05, 4.69) is 16.7 Å². The Labute approximate surface area is 127 Å². The molecule has 1 aliphatic rings. The minimum Gasteiger partial charge on any atom is -0.395 e. The van der Waals surface area contributed by atoms with Crippen LogP contribution in [0.5, 0.6) is 0 Å². The molecule has 114 valence electrons. The number of likely N-dealkylation sites (tertiary alicyclic amines) is 1. The number of rotatable bonds is 3. The molecule has 1 aliphatic heterocycles. The normalized spacial score (nSPS) is 16.7. The van der Waals surface area contributed by atoms with Crippen molar-refractivity contribution in [1.29, 1.82) is 0 Å². The fourth-order valence-corrected chi connectivity index (χ4v) is 2.73. The van der Waals surface area contributed by atoms with Gasteiger partial charge in [0.05, 0.1) is 6.61 Å². The van der Waals surface area contributed by atoms with E-state index in [4.69, 9.17) is 5.11 Å². The van der Waals surface area contributed by atoms with Crippen LogP contribution in [0.4, 0.5) is 4.39 Å². The Kier molecular flexibility index (Phi) is 6.72. The first-order valence-corrected chi connectivity index (χ1v) is 7.90. The monoisotopic (exact) mass is 289 g/mol. The van der Waals surface area contributed by atoms with Gasteiger partial charge in [0, 0.05) is 18.5 Å². The Morgan fingerprint density at radius 2 is 1.81 bits per heavy atom. The minimum absolute atomic E-state index is 0.0454. The molecule has 0 unspecified atom stereocenters. The first-order chi connectivity index (χ1) is 10.3. The lowest BCUT2D eigenvalue weighted by Crippen LogP contribution is -2.27. The van der Waals surface area contributed by atoms with E-state index in [-0.39, 0.29) is 12.4 Å². The molecule has 1 saturated heterocycles. The van der Waals surface area contributed by atoms with Crippen LogP contribution < -0.4 is 0 Å². The summed E-state index contributed by atoms with van der Waals surface area (Å²) in [4.78, 5) is 2.45. The molecule has 1 aromatic rings. The van der Waals surface area contributed by atoms with Gasteiger partial charge in [0.25, 0.3) is 0 Å². The molecule has 0 bridgehead atoms. The van der Waals surface area contributed by atoms with Gasteiger partial charge in [-0.1, -0.05) is 37.2 Å². The van der Waals surface area contributed by atoms with Crippen LogP contribution in [0.1, 0.15) is 49.7 Å². The smallest absolute Gasteiger partial charge is 0.124 e. The third kappa shape index (κ3) is 5.49. The summed E-state index contributed by atoms with van der Waals surface area (Å²) in [6.07, 6.45) is 6.88. The SMILES string of the molecule is OCCC#Cc1cc(F)ccc1CN1CCCCCCC1. The van der Waals surface area contributed by atoms with E-state index in [1.165, 1.54) is 44.2 Å². The zero-order valence-corrected chi connectivity index (χ0v) is 12.6. The summed E-state index contributed by atoms with van der Waals surface area (Å²) >= 11 is 0. The molecule has 0 saturated carbocycles. The molecular formula is C18H24FNO. The van der Waals surface area contributed by atoms with Crippen LogP contribution >= 0.6 is 0 Å². The fraction of sp³-hybridized carbons (Fsp3) is 0.556. The summed E-state index contributed by atoms with van der Waals surface area (Å²) in [5.41, 5.74) is 1.84. The maximum atomic E-state index is 13.4. The highest BCUT2D eigenvalue weighted by atomic mass is 19.1. The summed E-state index contributed by atoms with van der Waals surface area (Å²) < 4.78 is 13.4. The average molecular weight is 289 g/mol. The standard InChI is InChI=1S/C18H24FNO/c19-18-10-9-17(16(14-18)8-4-7-13-21)15-20-11-5-2-1-3-6-12-20/h9-10,14,21H,1-3,5-7,11-13,15H2. The Hall–Kier alpha value is -1.37. The maximum absolute atomic E-state index is 13.4. The van der Waals surface area contributed by atoms with Gasteiger partial charge in [0.1, 0.15) is 5.82 Å². The number of nitrogens with zero attached hydrogens (tertiary/aromatic N) is 1. The predicted molar refractivity (Wildman–Crippen MR) is 83.3 cm³/mol. The first-order valence-electron chi connectivity index (χ1n) is 7.90. The van der Waals surface area contributed by atoms with Crippen LogP contribution in [0.2, 0.25) is 0 Å². The number of benzene rings is 1. The summed E-state index contributed by atoms with van der Waals surface area (Å²) in [6.45, 7) is 3.11. The van der Waals surface area contributed by atoms with Crippen LogP contribution in [0.25, 0.3) is 0 Å². The van der Waals surface area contributed by atoms with E-state index < -0.39 is 0 Å². The van der Waals surface area contributed by atoms with Gasteiger partial charge in [-0.2, -0.15) is 0 Å². The van der Waals surface area contributed by atoms with Gasteiger partial charge in [-0.15, -0.1) is 0 Å². The van der Waals surface area contributed by atoms with Crippen molar-refractivity contribution in [3.63, 3.8) is 0 Å². The zero-order valence-electron chi connectivity index (χ0n) is 12.6. The molecule has 0 atom stereocenters. The Morgan fingerprint density at radius 1 is 1.10 bits per heavy atom. The summed E-state index contributed by atoms with van der Waals surface area (Å²) in [6, 6.07) is 4.86. The number of aliphatic hydroxyl groups excluding tert-OH is 1. The molecule has 1 aromatic carbocycles. The van der Waals surface area contributed by atoms with Gasteiger partial charge in [-0.05, 0) is 43.6 Å². The van der Waals surface area contributed by atoms with Crippen molar-refractivity contribution in [2.45, 2.75) is 45.1 Å². The first kappa shape index (κ1) is 16.0. The van der Waals surface area contributed by atoms with Crippen LogP contribution in [0.15, 0.2) is 18.2 Å². The number of aliphatic hydroxyl groups is 1. The Morgan fingerprint density at radius 3 is 2.52 bits per heavy atom. The molecule has 0 aliphatic carbocycles. The van der Waals surface area contributed by atoms with Gasteiger partial charge < -0.3 is 5.11 Å². The molecule has 0 radical (unpaired) electrons. The van der Waals surface area contributed by atoms with Crippen molar-refractivity contribution in [3.05, 3.63) is 35.1 Å². The summed E-state index contributed by atoms with van der Waals surface area (Å²) in [7, 11) is 0. The van der Waals surface area contributed by atoms with Crippen LogP contribution in [0.3, 0.4) is 0 Å². The van der Waals surface area contributed by atoms with Crippen molar-refractivity contribution in [2.75, 3.05) is 19.7 Å². The number of hydrogen-bond acceptors (Lipinski definition) is 2. The number of hydrogen-bond donors (Lipinski definition) is 1. The van der Waals surface area contributed by atoms with E-state index in [0.29, 0.717) is 6.42 Å². The van der Waals surface area contributed by atoms with Crippen LogP contribution in [0, 0.1) is 17.7 Å². The quantitative estimate of drug-likeness (QED) is 0.863. The summed E-state index contributed by atoms with van der Waals surface area (Å²) in [5.74, 6) is 5.64. The van der Waals surface area contributed by atoms with E-state index in [0.717, 1.165) is 30.8 Å². The molecule has 1 N–H and O–H groups in total. The zero-order chi connectivity index (χ0) is 14.9. The number of halogens is 1. The van der Waals surface area contributed by atoms with Crippen LogP contribution in [-0.4, -0.2) is 29.7 Å². The lowest BCUT2D eigenvalue weighted by atomic mass is 10.0. The topological polar surface area (TPSA) is 23.5 Å². The van der Waals surface area contributed by atoms with Gasteiger partial charge >= 0.3 is 0 Å². The van der Waals surface area contributed by atoms with Crippen LogP contribution in [-0.2, 0) is 6.54 Å². The molecule has 2 rings (SSSR count). The second kappa shape index (κ2) is 8.81. The molecule has 1 heterocycles. The highest BCUT2D eigenvalue weighted by Gasteiger charge is 2.11. The molecule has 21 heavy (non-hydrogen) atoms. The average Bonchev–Trinajstić information content (AvgIpc) is 2.44. The molecule has 3 heteroatoms. The maximum Gasteiger partial charge on any atom is 0.124 e. The largest absolute Gasteiger partial charge is 0.395 e. The molecule has 0 spiro atoms. The van der Waals surface area contributed by atoms with Crippen molar-refractivity contribution in [1.82, 2.24) is 4.90 Å². The van der Waals surface area contributed by atoms with Crippen molar-refractivity contribution >= 4 is 0 Å². The van der Waals surface area contributed by atoms with Crippen molar-refractivity contribution in [3.8, 4) is 11.8 Å². The third-order valence-electron chi connectivity index (χ3n) is 3.87. The molecule has 0 aromatic heterocycles. The van der Waals surface area contributed by atoms with Gasteiger partial charge in [0.2, 0.25) is 0 Å². The predicted octanol–water partition coefficient (Wildman–Crippen LogP) is 3.33. The molecule has 0 amide bonds. The second-order valence-electron chi connectivity index (χ2n) is 5.62. The van der Waals surface area contributed by atoms with E-state index >= 15 is 0 Å². The lowest BCUT2D eigenvalue weighted by Gasteiger charge is -2.25. The third-order valence-corrected chi connectivity index (χ3v) is 3.87. The van der Waals surface area contributed by atoms with Crippen molar-refractivity contribution in [2.24, 2.45) is 0 Å². The molecule has 2 nitrogen and oxygen atoms in total. The summed E-state index contributed by atoms with van der Waals surface area (Å²) in [5, 5.41) is 8.80. The van der Waals surface area contributed by atoms with Gasteiger partial charge in [0.15, 0.2) is 0 Å². The van der Waals surface area contributed by atoms with E-state index in [9.17, 15) is 4.39 Å². The fourth-order valence-electron chi connectivity index (χ4n) is 2.73. The minimum atomic E-state index is -0.250. The highest BCUT2D eigenvalue weighted by Crippen LogP contribution is 2.16. The Bertz CT molecular complexity index is 496. The molecular weight excluding hydrogens is 265 g/mol. The van der Waals surface area contributed by atoms with Gasteiger partial charge in [-0.25, -0.2) is 4.39 Å². The van der Waals surface area contributed by atoms with Gasteiger partial charge in [-0.3, -0.25) is 4.90 Å².